The van der Waals surface area contributed by atoms with Crippen LogP contribution in [0, 0.1) is 12.8 Å². The molecule has 1 nitrogen and oxygen atoms in total. The average molecular weight is 192 g/mol. The molecular formula is C13H20O. The first-order chi connectivity index (χ1) is 6.59. The minimum absolute atomic E-state index is 0.186. The molecular weight excluding hydrogens is 172 g/mol. The largest absolute Gasteiger partial charge is 0.393 e. The van der Waals surface area contributed by atoms with E-state index in [9.17, 15) is 5.11 Å². The zero-order chi connectivity index (χ0) is 10.6. The van der Waals surface area contributed by atoms with Crippen molar-refractivity contribution < 1.29 is 5.11 Å². The van der Waals surface area contributed by atoms with Crippen molar-refractivity contribution in [3.8, 4) is 0 Å². The van der Waals surface area contributed by atoms with E-state index in [1.807, 2.05) is 6.92 Å². The highest BCUT2D eigenvalue weighted by atomic mass is 16.3. The molecule has 2 atom stereocenters. The molecule has 78 valence electrons. The lowest BCUT2D eigenvalue weighted by molar-refractivity contribution is 0.164. The fourth-order valence-electron chi connectivity index (χ4n) is 1.88. The van der Waals surface area contributed by atoms with Crippen molar-refractivity contribution in [1.29, 1.82) is 0 Å². The van der Waals surface area contributed by atoms with Crippen LogP contribution < -0.4 is 0 Å². The number of aliphatic hydroxyl groups excluding tert-OH is 1. The molecule has 1 heteroatoms. The summed E-state index contributed by atoms with van der Waals surface area (Å²) in [5.41, 5.74) is 2.76. The highest BCUT2D eigenvalue weighted by Gasteiger charge is 2.08. The van der Waals surface area contributed by atoms with E-state index in [1.165, 1.54) is 11.1 Å². The minimum Gasteiger partial charge on any atom is -0.393 e. The molecule has 0 spiro atoms. The summed E-state index contributed by atoms with van der Waals surface area (Å²) in [4.78, 5) is 0. The van der Waals surface area contributed by atoms with E-state index >= 15 is 0 Å². The van der Waals surface area contributed by atoms with E-state index in [1.54, 1.807) is 0 Å². The Kier molecular flexibility index (Phi) is 4.15. The summed E-state index contributed by atoms with van der Waals surface area (Å²) in [5.74, 6) is 0.552. The predicted octanol–water partition coefficient (Wildman–Crippen LogP) is 2.94. The summed E-state index contributed by atoms with van der Waals surface area (Å²) >= 11 is 0. The van der Waals surface area contributed by atoms with Gasteiger partial charge in [-0.3, -0.25) is 0 Å². The molecule has 2 unspecified atom stereocenters. The molecule has 1 rings (SSSR count). The molecule has 0 aromatic heterocycles. The van der Waals surface area contributed by atoms with Gasteiger partial charge in [-0.2, -0.15) is 0 Å². The standard InChI is InChI=1S/C13H20O/c1-10(8-12(3)14)9-13-7-5-4-6-11(13)2/h4-7,10,12,14H,8-9H2,1-3H3. The van der Waals surface area contributed by atoms with Crippen molar-refractivity contribution in [2.24, 2.45) is 5.92 Å². The van der Waals surface area contributed by atoms with Gasteiger partial charge in [0.1, 0.15) is 0 Å². The molecule has 1 aromatic rings. The van der Waals surface area contributed by atoms with E-state index < -0.39 is 0 Å². The van der Waals surface area contributed by atoms with Gasteiger partial charge in [-0.15, -0.1) is 0 Å². The lowest BCUT2D eigenvalue weighted by Gasteiger charge is -2.14. The molecule has 0 saturated carbocycles. The second-order valence-electron chi connectivity index (χ2n) is 4.32. The van der Waals surface area contributed by atoms with E-state index in [2.05, 4.69) is 38.1 Å². The highest BCUT2D eigenvalue weighted by Crippen LogP contribution is 2.16. The number of rotatable bonds is 4. The van der Waals surface area contributed by atoms with Crippen molar-refractivity contribution in [3.05, 3.63) is 35.4 Å². The first-order valence-corrected chi connectivity index (χ1v) is 5.32. The SMILES string of the molecule is Cc1ccccc1CC(C)CC(C)O. The fraction of sp³-hybridized carbons (Fsp3) is 0.538. The summed E-state index contributed by atoms with van der Waals surface area (Å²) in [5, 5.41) is 9.27. The van der Waals surface area contributed by atoms with Crippen LogP contribution in [0.15, 0.2) is 24.3 Å². The van der Waals surface area contributed by atoms with Gasteiger partial charge < -0.3 is 5.11 Å². The summed E-state index contributed by atoms with van der Waals surface area (Å²) in [7, 11) is 0. The molecule has 0 bridgehead atoms. The smallest absolute Gasteiger partial charge is 0.0514 e. The molecule has 0 aliphatic rings. The topological polar surface area (TPSA) is 20.2 Å². The quantitative estimate of drug-likeness (QED) is 0.777. The van der Waals surface area contributed by atoms with Crippen molar-refractivity contribution in [3.63, 3.8) is 0 Å². The molecule has 0 aliphatic carbocycles. The number of benzene rings is 1. The molecule has 0 saturated heterocycles. The molecule has 14 heavy (non-hydrogen) atoms. The third kappa shape index (κ3) is 3.51. The molecule has 0 amide bonds. The second kappa shape index (κ2) is 5.16. The molecule has 0 fully saturated rings. The van der Waals surface area contributed by atoms with Gasteiger partial charge in [-0.1, -0.05) is 31.2 Å². The van der Waals surface area contributed by atoms with Gasteiger partial charge in [0.15, 0.2) is 0 Å². The molecule has 1 aromatic carbocycles. The molecule has 1 N–H and O–H groups in total. The van der Waals surface area contributed by atoms with Crippen LogP contribution in [-0.2, 0) is 6.42 Å². The normalized spacial score (nSPS) is 15.1. The van der Waals surface area contributed by atoms with Gasteiger partial charge in [-0.05, 0) is 43.7 Å². The number of aliphatic hydroxyl groups is 1. The highest BCUT2D eigenvalue weighted by molar-refractivity contribution is 5.25. The third-order valence-corrected chi connectivity index (χ3v) is 2.57. The van der Waals surface area contributed by atoms with Crippen LogP contribution in [0.2, 0.25) is 0 Å². The van der Waals surface area contributed by atoms with Crippen molar-refractivity contribution in [2.75, 3.05) is 0 Å². The Balaban J connectivity index is 2.56. The number of aryl methyl sites for hydroxylation is 1. The maximum Gasteiger partial charge on any atom is 0.0514 e. The third-order valence-electron chi connectivity index (χ3n) is 2.57. The molecule has 0 radical (unpaired) electrons. The predicted molar refractivity (Wildman–Crippen MR) is 60.3 cm³/mol. The van der Waals surface area contributed by atoms with Crippen molar-refractivity contribution in [2.45, 2.75) is 39.7 Å². The van der Waals surface area contributed by atoms with Crippen LogP contribution in [0.3, 0.4) is 0 Å². The Bertz CT molecular complexity index is 278. The summed E-state index contributed by atoms with van der Waals surface area (Å²) < 4.78 is 0. The van der Waals surface area contributed by atoms with Gasteiger partial charge in [0, 0.05) is 0 Å². The summed E-state index contributed by atoms with van der Waals surface area (Å²) in [6.45, 7) is 6.19. The number of hydrogen-bond acceptors (Lipinski definition) is 1. The fourth-order valence-corrected chi connectivity index (χ4v) is 1.88. The maximum atomic E-state index is 9.27. The molecule has 0 heterocycles. The van der Waals surface area contributed by atoms with E-state index in [-0.39, 0.29) is 6.10 Å². The number of hydrogen-bond donors (Lipinski definition) is 1. The Labute approximate surface area is 86.8 Å². The zero-order valence-corrected chi connectivity index (χ0v) is 9.33. The lowest BCUT2D eigenvalue weighted by atomic mass is 9.94. The Hall–Kier alpha value is -0.820. The Morgan fingerprint density at radius 3 is 2.43 bits per heavy atom. The van der Waals surface area contributed by atoms with Gasteiger partial charge in [0.25, 0.3) is 0 Å². The van der Waals surface area contributed by atoms with E-state index in [0.29, 0.717) is 5.92 Å². The zero-order valence-electron chi connectivity index (χ0n) is 9.33. The van der Waals surface area contributed by atoms with Crippen LogP contribution in [0.5, 0.6) is 0 Å². The van der Waals surface area contributed by atoms with Crippen LogP contribution >= 0.6 is 0 Å². The summed E-state index contributed by atoms with van der Waals surface area (Å²) in [6, 6.07) is 8.47. The van der Waals surface area contributed by atoms with Crippen molar-refractivity contribution in [1.82, 2.24) is 0 Å². The van der Waals surface area contributed by atoms with E-state index in [0.717, 1.165) is 12.8 Å². The van der Waals surface area contributed by atoms with Gasteiger partial charge >= 0.3 is 0 Å². The molecule has 0 aliphatic heterocycles. The van der Waals surface area contributed by atoms with Crippen LogP contribution in [0.1, 0.15) is 31.4 Å². The lowest BCUT2D eigenvalue weighted by Crippen LogP contribution is -2.09. The second-order valence-corrected chi connectivity index (χ2v) is 4.32. The summed E-state index contributed by atoms with van der Waals surface area (Å²) in [6.07, 6.45) is 1.76. The van der Waals surface area contributed by atoms with Crippen LogP contribution in [0.25, 0.3) is 0 Å². The maximum absolute atomic E-state index is 9.27. The van der Waals surface area contributed by atoms with Gasteiger partial charge in [0.2, 0.25) is 0 Å². The first kappa shape index (κ1) is 11.3. The Morgan fingerprint density at radius 1 is 1.21 bits per heavy atom. The Morgan fingerprint density at radius 2 is 1.86 bits per heavy atom. The first-order valence-electron chi connectivity index (χ1n) is 5.32. The van der Waals surface area contributed by atoms with E-state index in [4.69, 9.17) is 0 Å². The van der Waals surface area contributed by atoms with Gasteiger partial charge in [-0.25, -0.2) is 0 Å². The van der Waals surface area contributed by atoms with Crippen LogP contribution in [0.4, 0.5) is 0 Å². The van der Waals surface area contributed by atoms with Crippen molar-refractivity contribution >= 4 is 0 Å². The average Bonchev–Trinajstić information content (AvgIpc) is 2.07. The monoisotopic (exact) mass is 192 g/mol. The van der Waals surface area contributed by atoms with Crippen LogP contribution in [-0.4, -0.2) is 11.2 Å². The van der Waals surface area contributed by atoms with Gasteiger partial charge in [0.05, 0.1) is 6.10 Å². The minimum atomic E-state index is -0.186.